The molecule has 1 atom stereocenters. The fraction of sp³-hybridized carbons (Fsp3) is 1.00. The van der Waals surface area contributed by atoms with Crippen LogP contribution in [0.3, 0.4) is 0 Å². The van der Waals surface area contributed by atoms with Crippen LogP contribution < -0.4 is 5.73 Å². The van der Waals surface area contributed by atoms with Gasteiger partial charge in [0.1, 0.15) is 0 Å². The van der Waals surface area contributed by atoms with E-state index in [0.29, 0.717) is 6.10 Å². The SMILES string of the molecule is CCCCCCCCC(OCCCN)C(C)(C)C(C)(C)C. The maximum Gasteiger partial charge on any atom is 0.0631 e. The normalized spacial score (nSPS) is 14.4. The van der Waals surface area contributed by atoms with Crippen molar-refractivity contribution in [2.45, 2.75) is 99.0 Å². The lowest BCUT2D eigenvalue weighted by atomic mass is 9.65. The Morgan fingerprint density at radius 3 is 1.95 bits per heavy atom. The van der Waals surface area contributed by atoms with Crippen molar-refractivity contribution in [1.82, 2.24) is 0 Å². The summed E-state index contributed by atoms with van der Waals surface area (Å²) in [6.45, 7) is 15.5. The second kappa shape index (κ2) is 10.6. The van der Waals surface area contributed by atoms with Gasteiger partial charge in [-0.15, -0.1) is 0 Å². The van der Waals surface area contributed by atoms with Crippen LogP contribution in [0.1, 0.15) is 92.9 Å². The van der Waals surface area contributed by atoms with Crippen molar-refractivity contribution < 1.29 is 4.74 Å². The van der Waals surface area contributed by atoms with Crippen molar-refractivity contribution in [3.05, 3.63) is 0 Å². The molecule has 0 saturated heterocycles. The molecule has 2 heteroatoms. The Kier molecular flexibility index (Phi) is 10.6. The van der Waals surface area contributed by atoms with Crippen LogP contribution >= 0.6 is 0 Å². The Bertz CT molecular complexity index is 242. The summed E-state index contributed by atoms with van der Waals surface area (Å²) in [5.41, 5.74) is 6.04. The van der Waals surface area contributed by atoms with Gasteiger partial charge >= 0.3 is 0 Å². The lowest BCUT2D eigenvalue weighted by molar-refractivity contribution is -0.0805. The van der Waals surface area contributed by atoms with Gasteiger partial charge in [-0.1, -0.05) is 80.1 Å². The molecule has 0 bridgehead atoms. The topological polar surface area (TPSA) is 35.2 Å². The third-order valence-corrected chi connectivity index (χ3v) is 5.23. The van der Waals surface area contributed by atoms with Gasteiger partial charge in [-0.2, -0.15) is 0 Å². The molecule has 0 aliphatic rings. The zero-order chi connectivity index (χ0) is 16.4. The molecule has 0 aromatic rings. The smallest absolute Gasteiger partial charge is 0.0631 e. The van der Waals surface area contributed by atoms with E-state index in [4.69, 9.17) is 10.5 Å². The Hall–Kier alpha value is -0.0800. The van der Waals surface area contributed by atoms with Gasteiger partial charge < -0.3 is 10.5 Å². The molecule has 0 amide bonds. The fourth-order valence-electron chi connectivity index (χ4n) is 2.55. The Morgan fingerprint density at radius 1 is 0.857 bits per heavy atom. The largest absolute Gasteiger partial charge is 0.378 e. The molecule has 1 unspecified atom stereocenters. The first-order valence-electron chi connectivity index (χ1n) is 9.09. The van der Waals surface area contributed by atoms with Crippen molar-refractivity contribution in [2.75, 3.05) is 13.2 Å². The first-order valence-corrected chi connectivity index (χ1v) is 9.09. The molecule has 2 nitrogen and oxygen atoms in total. The average Bonchev–Trinajstić information content (AvgIpc) is 2.39. The minimum absolute atomic E-state index is 0.186. The second-order valence-corrected chi connectivity index (χ2v) is 8.03. The molecule has 128 valence electrons. The Labute approximate surface area is 134 Å². The number of unbranched alkanes of at least 4 members (excludes halogenated alkanes) is 5. The molecular weight excluding hydrogens is 258 g/mol. The zero-order valence-electron chi connectivity index (χ0n) is 15.6. The fourth-order valence-corrected chi connectivity index (χ4v) is 2.55. The van der Waals surface area contributed by atoms with Crippen LogP contribution in [0.15, 0.2) is 0 Å². The van der Waals surface area contributed by atoms with Crippen molar-refractivity contribution in [3.63, 3.8) is 0 Å². The molecule has 0 spiro atoms. The molecule has 0 aromatic carbocycles. The molecule has 21 heavy (non-hydrogen) atoms. The van der Waals surface area contributed by atoms with Crippen LogP contribution in [0, 0.1) is 10.8 Å². The molecule has 0 saturated carbocycles. The van der Waals surface area contributed by atoms with Gasteiger partial charge in [0.2, 0.25) is 0 Å². The molecule has 0 radical (unpaired) electrons. The van der Waals surface area contributed by atoms with E-state index >= 15 is 0 Å². The van der Waals surface area contributed by atoms with Gasteiger partial charge in [-0.3, -0.25) is 0 Å². The van der Waals surface area contributed by atoms with E-state index in [1.165, 1.54) is 44.9 Å². The highest BCUT2D eigenvalue weighted by atomic mass is 16.5. The van der Waals surface area contributed by atoms with E-state index < -0.39 is 0 Å². The number of nitrogens with two attached hydrogens (primary N) is 1. The van der Waals surface area contributed by atoms with E-state index in [9.17, 15) is 0 Å². The first-order chi connectivity index (χ1) is 9.77. The van der Waals surface area contributed by atoms with Gasteiger partial charge in [0.25, 0.3) is 0 Å². The molecule has 0 fully saturated rings. The van der Waals surface area contributed by atoms with Crippen LogP contribution in [-0.2, 0) is 4.74 Å². The van der Waals surface area contributed by atoms with Crippen LogP contribution in [0.25, 0.3) is 0 Å². The summed E-state index contributed by atoms with van der Waals surface area (Å²) in [6, 6.07) is 0. The van der Waals surface area contributed by atoms with E-state index in [1.807, 2.05) is 0 Å². The summed E-state index contributed by atoms with van der Waals surface area (Å²) in [5.74, 6) is 0. The minimum Gasteiger partial charge on any atom is -0.378 e. The zero-order valence-corrected chi connectivity index (χ0v) is 15.6. The summed E-state index contributed by atoms with van der Waals surface area (Å²) < 4.78 is 6.22. The van der Waals surface area contributed by atoms with Crippen LogP contribution in [0.4, 0.5) is 0 Å². The number of ether oxygens (including phenoxy) is 1. The summed E-state index contributed by atoms with van der Waals surface area (Å²) >= 11 is 0. The molecule has 0 heterocycles. The lowest BCUT2D eigenvalue weighted by Gasteiger charge is -2.45. The van der Waals surface area contributed by atoms with E-state index in [0.717, 1.165) is 19.6 Å². The number of hydrogen-bond donors (Lipinski definition) is 1. The summed E-state index contributed by atoms with van der Waals surface area (Å²) in [6.07, 6.45) is 10.6. The van der Waals surface area contributed by atoms with E-state index in [2.05, 4.69) is 41.5 Å². The molecule has 0 rings (SSSR count). The van der Waals surface area contributed by atoms with E-state index in [-0.39, 0.29) is 10.8 Å². The van der Waals surface area contributed by atoms with Gasteiger partial charge in [-0.05, 0) is 30.2 Å². The van der Waals surface area contributed by atoms with Crippen molar-refractivity contribution in [1.29, 1.82) is 0 Å². The molecule has 0 aromatic heterocycles. The first kappa shape index (κ1) is 20.9. The highest BCUT2D eigenvalue weighted by molar-refractivity contribution is 4.89. The van der Waals surface area contributed by atoms with Gasteiger partial charge in [0.15, 0.2) is 0 Å². The third kappa shape index (κ3) is 8.21. The van der Waals surface area contributed by atoms with Crippen LogP contribution in [-0.4, -0.2) is 19.3 Å². The maximum atomic E-state index is 6.22. The lowest BCUT2D eigenvalue weighted by Crippen LogP contribution is -2.42. The molecule has 0 aliphatic carbocycles. The summed E-state index contributed by atoms with van der Waals surface area (Å²) in [7, 11) is 0. The maximum absolute atomic E-state index is 6.22. The quantitative estimate of drug-likeness (QED) is 0.480. The Morgan fingerprint density at radius 2 is 1.43 bits per heavy atom. The summed E-state index contributed by atoms with van der Waals surface area (Å²) in [4.78, 5) is 0. The average molecular weight is 300 g/mol. The highest BCUT2D eigenvalue weighted by Crippen LogP contribution is 2.43. The number of hydrogen-bond acceptors (Lipinski definition) is 2. The monoisotopic (exact) mass is 299 g/mol. The van der Waals surface area contributed by atoms with Crippen LogP contribution in [0.5, 0.6) is 0 Å². The van der Waals surface area contributed by atoms with Crippen LogP contribution in [0.2, 0.25) is 0 Å². The number of rotatable bonds is 12. The predicted molar refractivity (Wildman–Crippen MR) is 94.6 cm³/mol. The van der Waals surface area contributed by atoms with Crippen molar-refractivity contribution in [3.8, 4) is 0 Å². The summed E-state index contributed by atoms with van der Waals surface area (Å²) in [5, 5.41) is 0. The van der Waals surface area contributed by atoms with Crippen molar-refractivity contribution >= 4 is 0 Å². The molecule has 0 aliphatic heterocycles. The highest BCUT2D eigenvalue weighted by Gasteiger charge is 2.40. The van der Waals surface area contributed by atoms with E-state index in [1.54, 1.807) is 0 Å². The van der Waals surface area contributed by atoms with Gasteiger partial charge in [0.05, 0.1) is 6.10 Å². The predicted octanol–water partition coefficient (Wildman–Crippen LogP) is 5.54. The Balaban J connectivity index is 4.33. The van der Waals surface area contributed by atoms with Crippen molar-refractivity contribution in [2.24, 2.45) is 16.6 Å². The van der Waals surface area contributed by atoms with Gasteiger partial charge in [-0.25, -0.2) is 0 Å². The second-order valence-electron chi connectivity index (χ2n) is 8.03. The van der Waals surface area contributed by atoms with Gasteiger partial charge in [0, 0.05) is 6.61 Å². The standard InChI is InChI=1S/C19H41NO/c1-7-8-9-10-11-12-14-17(21-16-13-15-20)19(5,6)18(2,3)4/h17H,7-16,20H2,1-6H3. The molecular formula is C19H41NO. The third-order valence-electron chi connectivity index (χ3n) is 5.23. The molecule has 2 N–H and O–H groups in total. The minimum atomic E-state index is 0.186.